The molecular weight excluding hydrogens is 324 g/mol. The molecule has 0 bridgehead atoms. The largest absolute Gasteiger partial charge is 0.346 e. The predicted molar refractivity (Wildman–Crippen MR) is 44.0 cm³/mol. The summed E-state index contributed by atoms with van der Waals surface area (Å²) in [5.74, 6) is 0. The monoisotopic (exact) mass is 334 g/mol. The van der Waals surface area contributed by atoms with E-state index in [0.717, 1.165) is 6.42 Å². The SMILES string of the molecule is O=[C]=[W]=[C]=O.[C-]1=CC=CC1.[CH2-]C. The van der Waals surface area contributed by atoms with Crippen molar-refractivity contribution >= 4 is 8.53 Å². The van der Waals surface area contributed by atoms with E-state index in [4.69, 9.17) is 9.59 Å². The Balaban J connectivity index is 0. The second-order valence-corrected chi connectivity index (χ2v) is 3.20. The summed E-state index contributed by atoms with van der Waals surface area (Å²) in [6.45, 7) is 5.00. The molecule has 0 spiro atoms. The first-order valence-electron chi connectivity index (χ1n) is 3.24. The first kappa shape index (κ1) is 13.9. The van der Waals surface area contributed by atoms with Crippen LogP contribution in [0.3, 0.4) is 0 Å². The average Bonchev–Trinajstić information content (AvgIpc) is 2.67. The molecule has 0 amide bonds. The predicted octanol–water partition coefficient (Wildman–Crippen LogP) is 1.35. The number of carbonyl (C=O) groups excluding carboxylic acids is 2. The molecule has 0 unspecified atom stereocenters. The summed E-state index contributed by atoms with van der Waals surface area (Å²) in [6.07, 6.45) is 10.0. The van der Waals surface area contributed by atoms with Crippen LogP contribution in [0.15, 0.2) is 18.2 Å². The third-order valence-corrected chi connectivity index (χ3v) is 1.27. The van der Waals surface area contributed by atoms with E-state index in [1.165, 1.54) is 8.53 Å². The van der Waals surface area contributed by atoms with E-state index >= 15 is 0 Å². The molecule has 0 N–H and O–H groups in total. The van der Waals surface area contributed by atoms with Crippen LogP contribution in [-0.4, -0.2) is 8.53 Å². The van der Waals surface area contributed by atoms with Gasteiger partial charge in [0.15, 0.2) is 0 Å². The first-order valence-corrected chi connectivity index (χ1v) is 6.17. The molecule has 0 radical (unpaired) electrons. The van der Waals surface area contributed by atoms with Gasteiger partial charge in [0.2, 0.25) is 0 Å². The van der Waals surface area contributed by atoms with Gasteiger partial charge in [-0.2, -0.15) is 13.0 Å². The van der Waals surface area contributed by atoms with Crippen LogP contribution >= 0.6 is 0 Å². The van der Waals surface area contributed by atoms with Crippen LogP contribution in [0.25, 0.3) is 0 Å². The van der Waals surface area contributed by atoms with Crippen molar-refractivity contribution in [1.29, 1.82) is 0 Å². The fourth-order valence-corrected chi connectivity index (χ4v) is 0.479. The van der Waals surface area contributed by atoms with Gasteiger partial charge in [0.05, 0.1) is 0 Å². The molecular formula is C9H10O2W-2. The molecule has 0 saturated heterocycles. The third kappa shape index (κ3) is 16.2. The van der Waals surface area contributed by atoms with Crippen molar-refractivity contribution in [3.63, 3.8) is 0 Å². The Morgan fingerprint density at radius 2 is 2.00 bits per heavy atom. The Bertz CT molecular complexity index is 215. The fraction of sp³-hybridized carbons (Fsp3) is 0.222. The summed E-state index contributed by atoms with van der Waals surface area (Å²) in [6, 6.07) is 0. The van der Waals surface area contributed by atoms with E-state index in [-0.39, 0.29) is 0 Å². The molecule has 0 heterocycles. The van der Waals surface area contributed by atoms with Crippen molar-refractivity contribution in [2.75, 3.05) is 0 Å². The maximum Gasteiger partial charge on any atom is -0.109 e. The van der Waals surface area contributed by atoms with Crippen LogP contribution in [-0.2, 0) is 27.2 Å². The smallest absolute Gasteiger partial charge is 0.109 e. The van der Waals surface area contributed by atoms with Gasteiger partial charge in [-0.3, -0.25) is 6.08 Å². The van der Waals surface area contributed by atoms with Crippen LogP contribution < -0.4 is 0 Å². The second kappa shape index (κ2) is 16.7. The Morgan fingerprint density at radius 3 is 2.08 bits per heavy atom. The molecule has 0 aromatic carbocycles. The zero-order valence-corrected chi connectivity index (χ0v) is 9.80. The van der Waals surface area contributed by atoms with Crippen molar-refractivity contribution in [3.05, 3.63) is 31.2 Å². The van der Waals surface area contributed by atoms with Crippen LogP contribution in [0.5, 0.6) is 0 Å². The third-order valence-electron chi connectivity index (χ3n) is 0.669. The summed E-state index contributed by atoms with van der Waals surface area (Å²) in [5.41, 5.74) is 0. The Morgan fingerprint density at radius 1 is 1.42 bits per heavy atom. The normalized spacial score (nSPS) is 9.50. The number of hydrogen-bond donors (Lipinski definition) is 0. The molecule has 0 saturated carbocycles. The van der Waals surface area contributed by atoms with Gasteiger partial charge in [-0.1, -0.05) is 0 Å². The summed E-state index contributed by atoms with van der Waals surface area (Å²) in [4.78, 5) is 18.2. The average molecular weight is 334 g/mol. The van der Waals surface area contributed by atoms with Crippen LogP contribution in [0.1, 0.15) is 13.3 Å². The Labute approximate surface area is 80.5 Å². The maximum atomic E-state index is 9.09. The van der Waals surface area contributed by atoms with Crippen molar-refractivity contribution in [3.8, 4) is 0 Å². The van der Waals surface area contributed by atoms with Crippen LogP contribution in [0.4, 0.5) is 0 Å². The van der Waals surface area contributed by atoms with Crippen molar-refractivity contribution in [2.24, 2.45) is 0 Å². The van der Waals surface area contributed by atoms with Crippen molar-refractivity contribution in [1.82, 2.24) is 0 Å². The number of rotatable bonds is 0. The van der Waals surface area contributed by atoms with Gasteiger partial charge in [-0.15, -0.1) is 6.42 Å². The van der Waals surface area contributed by atoms with Gasteiger partial charge in [-0.25, -0.2) is 12.2 Å². The van der Waals surface area contributed by atoms with E-state index in [1.54, 1.807) is 6.92 Å². The summed E-state index contributed by atoms with van der Waals surface area (Å²) >= 11 is -1.37. The molecule has 1 aliphatic rings. The summed E-state index contributed by atoms with van der Waals surface area (Å²) in [5, 5.41) is 0. The number of allylic oxidation sites excluding steroid dienone is 4. The zero-order chi connectivity index (χ0) is 9.66. The summed E-state index contributed by atoms with van der Waals surface area (Å²) < 4.78 is 3.02. The van der Waals surface area contributed by atoms with Gasteiger partial charge < -0.3 is 6.92 Å². The Kier molecular flexibility index (Phi) is 19.4. The van der Waals surface area contributed by atoms with Crippen LogP contribution in [0.2, 0.25) is 0 Å². The summed E-state index contributed by atoms with van der Waals surface area (Å²) in [7, 11) is 0. The molecule has 2 nitrogen and oxygen atoms in total. The quantitative estimate of drug-likeness (QED) is 0.627. The van der Waals surface area contributed by atoms with E-state index < -0.39 is 17.6 Å². The van der Waals surface area contributed by atoms with E-state index in [0.29, 0.717) is 0 Å². The van der Waals surface area contributed by atoms with E-state index in [9.17, 15) is 0 Å². The van der Waals surface area contributed by atoms with Gasteiger partial charge in [0.1, 0.15) is 0 Å². The van der Waals surface area contributed by atoms with Gasteiger partial charge >= 0.3 is 35.8 Å². The molecule has 0 fully saturated rings. The minimum atomic E-state index is -1.37. The van der Waals surface area contributed by atoms with Gasteiger partial charge in [-0.05, 0) is 0 Å². The number of hydrogen-bond acceptors (Lipinski definition) is 2. The molecule has 0 aromatic heterocycles. The minimum Gasteiger partial charge on any atom is -0.346 e. The van der Waals surface area contributed by atoms with Gasteiger partial charge in [0.25, 0.3) is 0 Å². The standard InChI is InChI=1S/C5H5.C2H5.2CO.W/c1-2-4-5-3-1;3*1-2;/h1-3H,4H2;1H2,2H3;;;/q2*-1;;;. The zero-order valence-electron chi connectivity index (χ0n) is 6.87. The van der Waals surface area contributed by atoms with E-state index in [2.05, 4.69) is 19.1 Å². The van der Waals surface area contributed by atoms with Crippen molar-refractivity contribution < 1.29 is 27.2 Å². The van der Waals surface area contributed by atoms with Crippen LogP contribution in [0, 0.1) is 13.0 Å². The van der Waals surface area contributed by atoms with Crippen molar-refractivity contribution in [2.45, 2.75) is 13.3 Å². The first-order chi connectivity index (χ1) is 5.91. The molecule has 0 aliphatic heterocycles. The maximum absolute atomic E-state index is 9.09. The molecule has 0 atom stereocenters. The second-order valence-electron chi connectivity index (χ2n) is 1.27. The van der Waals surface area contributed by atoms with Gasteiger partial charge in [0, 0.05) is 0 Å². The fourth-order valence-electron chi connectivity index (χ4n) is 0.357. The topological polar surface area (TPSA) is 34.1 Å². The van der Waals surface area contributed by atoms with E-state index in [1.807, 2.05) is 12.2 Å². The molecule has 1 aliphatic carbocycles. The molecule has 0 aromatic rings. The Hall–Kier alpha value is -0.672. The molecule has 12 heavy (non-hydrogen) atoms. The minimum absolute atomic E-state index is 1.01. The molecule has 66 valence electrons. The molecule has 1 rings (SSSR count). The molecule has 3 heteroatoms.